The first kappa shape index (κ1) is 24.8. The van der Waals surface area contributed by atoms with Gasteiger partial charge in [-0.1, -0.05) is 12.1 Å². The van der Waals surface area contributed by atoms with E-state index in [9.17, 15) is 23.2 Å². The number of methoxy groups -OCH3 is 1. The zero-order chi connectivity index (χ0) is 25.1. The van der Waals surface area contributed by atoms with Gasteiger partial charge in [0.15, 0.2) is 11.5 Å². The van der Waals surface area contributed by atoms with E-state index in [4.69, 9.17) is 18.9 Å². The lowest BCUT2D eigenvalue weighted by Gasteiger charge is -2.42. The molecule has 11 heteroatoms. The molecule has 2 atom stereocenters. The van der Waals surface area contributed by atoms with Crippen LogP contribution < -0.4 is 9.47 Å². The summed E-state index contributed by atoms with van der Waals surface area (Å²) in [5.41, 5.74) is 0.948. The highest BCUT2D eigenvalue weighted by Crippen LogP contribution is 2.43. The number of benzene rings is 2. The highest BCUT2D eigenvalue weighted by Gasteiger charge is 2.51. The predicted octanol–water partition coefficient (Wildman–Crippen LogP) is 3.60. The van der Waals surface area contributed by atoms with Gasteiger partial charge >= 0.3 is 6.36 Å². The Bertz CT molecular complexity index is 1120. The van der Waals surface area contributed by atoms with E-state index in [1.807, 2.05) is 6.07 Å². The maximum absolute atomic E-state index is 13.2. The number of carbonyl (C=O) groups excluding carboxylic acids is 1. The zero-order valence-corrected chi connectivity index (χ0v) is 18.8. The van der Waals surface area contributed by atoms with Crippen LogP contribution in [0.15, 0.2) is 42.5 Å². The summed E-state index contributed by atoms with van der Waals surface area (Å²) in [6.45, 7) is -0.260. The lowest BCUT2D eigenvalue weighted by Crippen LogP contribution is -2.53. The molecule has 2 saturated heterocycles. The first-order valence-electron chi connectivity index (χ1n) is 10.8. The average molecular weight is 492 g/mol. The Labute approximate surface area is 199 Å². The number of alkyl halides is 3. The van der Waals surface area contributed by atoms with Gasteiger partial charge in [0.25, 0.3) is 5.91 Å². The number of hydrogen-bond acceptors (Lipinski definition) is 7. The van der Waals surface area contributed by atoms with Gasteiger partial charge in [0.1, 0.15) is 25.1 Å². The molecule has 8 nitrogen and oxygen atoms in total. The number of nitrogens with zero attached hydrogens (tertiary/aromatic N) is 2. The number of ether oxygens (including phenoxy) is 5. The topological polar surface area (TPSA) is 90.3 Å². The molecule has 0 aliphatic carbocycles. The third-order valence-corrected chi connectivity index (χ3v) is 6.03. The third kappa shape index (κ3) is 5.35. The number of piperidine rings is 1. The van der Waals surface area contributed by atoms with Gasteiger partial charge in [-0.2, -0.15) is 5.26 Å². The van der Waals surface area contributed by atoms with Crippen LogP contribution in [0.2, 0.25) is 0 Å². The molecule has 4 rings (SSSR count). The van der Waals surface area contributed by atoms with Crippen molar-refractivity contribution in [3.8, 4) is 17.6 Å². The molecular weight excluding hydrogens is 469 g/mol. The Hall–Kier alpha value is -3.33. The highest BCUT2D eigenvalue weighted by molar-refractivity contribution is 5.95. The van der Waals surface area contributed by atoms with E-state index in [2.05, 4.69) is 10.8 Å². The van der Waals surface area contributed by atoms with Crippen LogP contribution in [0, 0.1) is 11.3 Å². The number of likely N-dealkylation sites (tertiary alicyclic amines) is 1. The second-order valence-electron chi connectivity index (χ2n) is 8.01. The second kappa shape index (κ2) is 10.1. The number of rotatable bonds is 7. The van der Waals surface area contributed by atoms with E-state index in [0.29, 0.717) is 24.1 Å². The minimum Gasteiger partial charge on any atom is -0.493 e. The minimum absolute atomic E-state index is 0.0847. The maximum Gasteiger partial charge on any atom is 0.522 e. The Morgan fingerprint density at radius 1 is 1.23 bits per heavy atom. The van der Waals surface area contributed by atoms with Crippen molar-refractivity contribution in [2.24, 2.45) is 0 Å². The van der Waals surface area contributed by atoms with Crippen LogP contribution in [0.1, 0.15) is 27.9 Å². The fraction of sp³-hybridized carbons (Fsp3) is 0.417. The van der Waals surface area contributed by atoms with E-state index in [0.717, 1.165) is 5.56 Å². The molecule has 2 aliphatic heterocycles. The summed E-state index contributed by atoms with van der Waals surface area (Å²) in [6, 6.07) is 13.8. The average Bonchev–Trinajstić information content (AvgIpc) is 3.30. The molecule has 2 heterocycles. The van der Waals surface area contributed by atoms with Gasteiger partial charge in [-0.25, -0.2) is 0 Å². The number of nitriles is 1. The fourth-order valence-electron chi connectivity index (χ4n) is 4.34. The lowest BCUT2D eigenvalue weighted by molar-refractivity contribution is -0.325. The molecule has 2 aliphatic rings. The lowest BCUT2D eigenvalue weighted by atomic mass is 9.81. The molecule has 0 N–H and O–H groups in total. The summed E-state index contributed by atoms with van der Waals surface area (Å²) in [6.07, 6.45) is -4.66. The molecule has 2 aromatic rings. The summed E-state index contributed by atoms with van der Waals surface area (Å²) in [5, 5.41) is 9.25. The smallest absolute Gasteiger partial charge is 0.493 e. The summed E-state index contributed by atoms with van der Waals surface area (Å²) >= 11 is 0. The van der Waals surface area contributed by atoms with Gasteiger partial charge in [0, 0.05) is 18.5 Å². The molecule has 186 valence electrons. The van der Waals surface area contributed by atoms with Gasteiger partial charge < -0.3 is 23.8 Å². The van der Waals surface area contributed by atoms with Crippen molar-refractivity contribution in [1.82, 2.24) is 4.90 Å². The number of halogens is 3. The van der Waals surface area contributed by atoms with Crippen LogP contribution in [0.5, 0.6) is 11.5 Å². The van der Waals surface area contributed by atoms with Crippen molar-refractivity contribution in [2.45, 2.75) is 24.5 Å². The fourth-order valence-corrected chi connectivity index (χ4v) is 4.34. The molecule has 35 heavy (non-hydrogen) atoms. The summed E-state index contributed by atoms with van der Waals surface area (Å²) in [4.78, 5) is 14.9. The first-order chi connectivity index (χ1) is 16.8. The molecule has 1 unspecified atom stereocenters. The second-order valence-corrected chi connectivity index (χ2v) is 8.01. The summed E-state index contributed by atoms with van der Waals surface area (Å²) in [5.74, 6) is 0.144. The van der Waals surface area contributed by atoms with E-state index in [1.165, 1.54) is 25.3 Å². The number of hydrogen-bond donors (Lipinski definition) is 0. The van der Waals surface area contributed by atoms with Crippen LogP contribution in [-0.2, 0) is 19.8 Å². The van der Waals surface area contributed by atoms with Gasteiger partial charge in [-0.15, -0.1) is 13.2 Å². The number of amides is 1. The van der Waals surface area contributed by atoms with Crippen LogP contribution in [0.4, 0.5) is 13.2 Å². The monoisotopic (exact) mass is 492 g/mol. The molecule has 2 aromatic carbocycles. The first-order valence-corrected chi connectivity index (χ1v) is 10.8. The van der Waals surface area contributed by atoms with Crippen LogP contribution >= 0.6 is 0 Å². The molecule has 1 amide bonds. The molecule has 0 aromatic heterocycles. The predicted molar refractivity (Wildman–Crippen MR) is 115 cm³/mol. The van der Waals surface area contributed by atoms with Crippen molar-refractivity contribution in [1.29, 1.82) is 5.26 Å². The molecule has 2 fully saturated rings. The molecule has 0 radical (unpaired) electrons. The molecular formula is C24H23F3N2O6. The van der Waals surface area contributed by atoms with Gasteiger partial charge in [-0.3, -0.25) is 9.53 Å². The number of fused-ring (bicyclic) bond motifs is 1. The summed E-state index contributed by atoms with van der Waals surface area (Å²) in [7, 11) is 1.37. The van der Waals surface area contributed by atoms with Crippen LogP contribution in [0.3, 0.4) is 0 Å². The van der Waals surface area contributed by atoms with Crippen molar-refractivity contribution in [2.75, 3.05) is 40.2 Å². The number of carbonyl (C=O) groups is 1. The summed E-state index contributed by atoms with van der Waals surface area (Å²) < 4.78 is 62.4. The van der Waals surface area contributed by atoms with Gasteiger partial charge in [0.05, 0.1) is 31.9 Å². The van der Waals surface area contributed by atoms with Crippen molar-refractivity contribution in [3.05, 3.63) is 59.2 Å². The largest absolute Gasteiger partial charge is 0.522 e. The standard InChI is InChI=1S/C24H23F3N2O6/c1-31-20-12-17(5-6-19(20)32-9-10-34-24(25,26)27)22(30)29-8-7-23(21(14-29)33-15-35-23)18-4-2-3-16(11-18)13-28/h2-6,11-12,21H,7-10,14-15H2,1H3/t21?,23-/m1/s1. The Morgan fingerprint density at radius 2 is 2.06 bits per heavy atom. The van der Waals surface area contributed by atoms with Crippen molar-refractivity contribution < 1.29 is 41.7 Å². The van der Waals surface area contributed by atoms with E-state index >= 15 is 0 Å². The Kier molecular flexibility index (Phi) is 7.16. The maximum atomic E-state index is 13.2. The Morgan fingerprint density at radius 3 is 2.80 bits per heavy atom. The minimum atomic E-state index is -4.73. The zero-order valence-electron chi connectivity index (χ0n) is 18.8. The molecule has 0 bridgehead atoms. The molecule has 0 saturated carbocycles. The highest BCUT2D eigenvalue weighted by atomic mass is 19.4. The van der Waals surface area contributed by atoms with Crippen LogP contribution in [0.25, 0.3) is 0 Å². The van der Waals surface area contributed by atoms with E-state index in [1.54, 1.807) is 23.1 Å². The molecule has 0 spiro atoms. The normalized spacial score (nSPS) is 21.8. The van der Waals surface area contributed by atoms with Crippen LogP contribution in [-0.4, -0.2) is 63.5 Å². The van der Waals surface area contributed by atoms with Gasteiger partial charge in [0.2, 0.25) is 0 Å². The Balaban J connectivity index is 1.44. The van der Waals surface area contributed by atoms with Crippen molar-refractivity contribution in [3.63, 3.8) is 0 Å². The van der Waals surface area contributed by atoms with Gasteiger partial charge in [-0.05, 0) is 35.9 Å². The van der Waals surface area contributed by atoms with E-state index in [-0.39, 0.29) is 37.4 Å². The van der Waals surface area contributed by atoms with Crippen molar-refractivity contribution >= 4 is 5.91 Å². The SMILES string of the molecule is COc1cc(C(=O)N2CC[C@]3(c4cccc(C#N)c4)OCOC3C2)ccc1OCCOC(F)(F)F. The van der Waals surface area contributed by atoms with E-state index < -0.39 is 24.7 Å². The quantitative estimate of drug-likeness (QED) is 0.546. The third-order valence-electron chi connectivity index (χ3n) is 6.03.